The van der Waals surface area contributed by atoms with Gasteiger partial charge in [0.15, 0.2) is 0 Å². The maximum atomic E-state index is 13.7. The van der Waals surface area contributed by atoms with E-state index in [-0.39, 0.29) is 23.9 Å². The Morgan fingerprint density at radius 2 is 1.88 bits per heavy atom. The van der Waals surface area contributed by atoms with E-state index >= 15 is 0 Å². The van der Waals surface area contributed by atoms with Crippen LogP contribution < -0.4 is 9.62 Å². The zero-order chi connectivity index (χ0) is 22.6. The minimum atomic E-state index is -3.33. The average Bonchev–Trinajstić information content (AvgIpc) is 2.78. The third-order valence-corrected chi connectivity index (χ3v) is 7.35. The van der Waals surface area contributed by atoms with Gasteiger partial charge in [-0.15, -0.1) is 0 Å². The van der Waals surface area contributed by atoms with E-state index in [0.717, 1.165) is 25.7 Å². The predicted octanol–water partition coefficient (Wildman–Crippen LogP) is 3.71. The number of aromatic nitrogens is 1. The molecular formula is C24H32FN3O3S. The summed E-state index contributed by atoms with van der Waals surface area (Å²) in [7, 11) is -3.33. The number of piperidine rings is 1. The second kappa shape index (κ2) is 10.3. The van der Waals surface area contributed by atoms with Crippen LogP contribution in [0.15, 0.2) is 48.7 Å². The van der Waals surface area contributed by atoms with Crippen molar-refractivity contribution in [2.75, 3.05) is 30.9 Å². The molecule has 1 aliphatic carbocycles. The van der Waals surface area contributed by atoms with Crippen molar-refractivity contribution in [3.63, 3.8) is 0 Å². The number of rotatable bonds is 7. The van der Waals surface area contributed by atoms with Crippen LogP contribution in [0, 0.1) is 11.7 Å². The molecule has 2 atom stereocenters. The molecule has 1 saturated carbocycles. The lowest BCUT2D eigenvalue weighted by Crippen LogP contribution is -2.52. The van der Waals surface area contributed by atoms with Crippen LogP contribution in [0.2, 0.25) is 0 Å². The first-order valence-corrected chi connectivity index (χ1v) is 13.3. The molecule has 1 N–H and O–H groups in total. The summed E-state index contributed by atoms with van der Waals surface area (Å²) in [5.41, 5.74) is 1.40. The van der Waals surface area contributed by atoms with E-state index in [1.807, 2.05) is 11.0 Å². The number of nitrogens with zero attached hydrogens (tertiary/aromatic N) is 2. The fourth-order valence-corrected chi connectivity index (χ4v) is 5.81. The molecule has 1 aromatic carbocycles. The van der Waals surface area contributed by atoms with Gasteiger partial charge in [0.05, 0.1) is 19.0 Å². The number of pyridine rings is 1. The van der Waals surface area contributed by atoms with Crippen molar-refractivity contribution in [2.24, 2.45) is 5.92 Å². The molecule has 0 radical (unpaired) electrons. The summed E-state index contributed by atoms with van der Waals surface area (Å²) in [4.78, 5) is 6.31. The summed E-state index contributed by atoms with van der Waals surface area (Å²) in [6.07, 6.45) is 7.68. The minimum absolute atomic E-state index is 0.0320. The number of hydrogen-bond acceptors (Lipinski definition) is 5. The fourth-order valence-electron chi connectivity index (χ4n) is 4.95. The van der Waals surface area contributed by atoms with Crippen LogP contribution in [-0.2, 0) is 14.8 Å². The number of benzene rings is 1. The summed E-state index contributed by atoms with van der Waals surface area (Å²) >= 11 is 0. The van der Waals surface area contributed by atoms with Crippen molar-refractivity contribution >= 4 is 15.8 Å². The number of hydrogen-bond donors (Lipinski definition) is 1. The van der Waals surface area contributed by atoms with Gasteiger partial charge >= 0.3 is 0 Å². The molecule has 2 aliphatic rings. The van der Waals surface area contributed by atoms with E-state index in [2.05, 4.69) is 34.0 Å². The van der Waals surface area contributed by atoms with E-state index in [1.165, 1.54) is 30.1 Å². The molecule has 32 heavy (non-hydrogen) atoms. The summed E-state index contributed by atoms with van der Waals surface area (Å²) in [6.45, 7) is 1.66. The van der Waals surface area contributed by atoms with Crippen LogP contribution in [0.3, 0.4) is 0 Å². The highest BCUT2D eigenvalue weighted by molar-refractivity contribution is 7.88. The lowest BCUT2D eigenvalue weighted by molar-refractivity contribution is -0.00213. The molecule has 4 rings (SSSR count). The van der Waals surface area contributed by atoms with Gasteiger partial charge in [0.2, 0.25) is 10.0 Å². The Hall–Kier alpha value is -2.03. The lowest BCUT2D eigenvalue weighted by atomic mass is 9.82. The molecule has 2 heterocycles. The van der Waals surface area contributed by atoms with E-state index in [1.54, 1.807) is 0 Å². The highest BCUT2D eigenvalue weighted by atomic mass is 32.2. The van der Waals surface area contributed by atoms with Gasteiger partial charge in [-0.2, -0.15) is 0 Å². The van der Waals surface area contributed by atoms with Gasteiger partial charge < -0.3 is 9.64 Å². The van der Waals surface area contributed by atoms with Crippen LogP contribution >= 0.6 is 0 Å². The molecule has 1 aromatic heterocycles. The Morgan fingerprint density at radius 1 is 1.12 bits per heavy atom. The molecule has 0 spiro atoms. The lowest BCUT2D eigenvalue weighted by Gasteiger charge is -2.40. The zero-order valence-corrected chi connectivity index (χ0v) is 19.3. The molecule has 1 saturated heterocycles. The first-order chi connectivity index (χ1) is 15.4. The second-order valence-corrected chi connectivity index (χ2v) is 10.8. The summed E-state index contributed by atoms with van der Waals surface area (Å²) in [5.74, 6) is 0.806. The van der Waals surface area contributed by atoms with Crippen molar-refractivity contribution < 1.29 is 17.5 Å². The number of anilines is 1. The van der Waals surface area contributed by atoms with Crippen molar-refractivity contribution in [1.29, 1.82) is 0 Å². The number of nitrogens with one attached hydrogen (secondary N) is 1. The zero-order valence-electron chi connectivity index (χ0n) is 18.5. The Kier molecular flexibility index (Phi) is 7.43. The van der Waals surface area contributed by atoms with Gasteiger partial charge in [-0.05, 0) is 49.7 Å². The molecule has 8 heteroatoms. The fraction of sp³-hybridized carbons (Fsp3) is 0.542. The van der Waals surface area contributed by atoms with Crippen LogP contribution in [-0.4, -0.2) is 51.5 Å². The van der Waals surface area contributed by atoms with Crippen LogP contribution in [0.25, 0.3) is 0 Å². The molecule has 1 aliphatic heterocycles. The third-order valence-electron chi connectivity index (χ3n) is 6.62. The van der Waals surface area contributed by atoms with Crippen LogP contribution in [0.1, 0.15) is 43.6 Å². The molecule has 174 valence electrons. The molecular weight excluding hydrogens is 429 g/mol. The van der Waals surface area contributed by atoms with E-state index in [4.69, 9.17) is 4.74 Å². The first kappa shape index (κ1) is 23.1. The predicted molar refractivity (Wildman–Crippen MR) is 124 cm³/mol. The Morgan fingerprint density at radius 3 is 2.56 bits per heavy atom. The SMILES string of the molecule is CS(=O)(=O)N[C@H]1CCN(c2cc(F)ccn2)C[C@H]1COC1CCC(c2ccccc2)CC1. The number of halogens is 1. The highest BCUT2D eigenvalue weighted by Crippen LogP contribution is 2.34. The maximum Gasteiger partial charge on any atom is 0.208 e. The quantitative estimate of drug-likeness (QED) is 0.681. The van der Waals surface area contributed by atoms with Crippen LogP contribution in [0.4, 0.5) is 10.2 Å². The Bertz CT molecular complexity index is 981. The smallest absolute Gasteiger partial charge is 0.208 e. The Labute approximate surface area is 190 Å². The van der Waals surface area contributed by atoms with Gasteiger partial charge in [-0.1, -0.05) is 30.3 Å². The van der Waals surface area contributed by atoms with Crippen molar-refractivity contribution in [3.8, 4) is 0 Å². The highest BCUT2D eigenvalue weighted by Gasteiger charge is 2.33. The first-order valence-electron chi connectivity index (χ1n) is 11.4. The van der Waals surface area contributed by atoms with Crippen LogP contribution in [0.5, 0.6) is 0 Å². The van der Waals surface area contributed by atoms with E-state index in [9.17, 15) is 12.8 Å². The average molecular weight is 462 g/mol. The van der Waals surface area contributed by atoms with Gasteiger partial charge in [-0.25, -0.2) is 22.5 Å². The van der Waals surface area contributed by atoms with Crippen molar-refractivity contribution in [3.05, 3.63) is 60.0 Å². The largest absolute Gasteiger partial charge is 0.378 e. The second-order valence-electron chi connectivity index (χ2n) is 9.04. The third kappa shape index (κ3) is 6.27. The molecule has 0 unspecified atom stereocenters. The number of sulfonamides is 1. The topological polar surface area (TPSA) is 71.5 Å². The maximum absolute atomic E-state index is 13.7. The monoisotopic (exact) mass is 461 g/mol. The normalized spacial score (nSPS) is 26.8. The number of ether oxygens (including phenoxy) is 1. The Balaban J connectivity index is 1.36. The van der Waals surface area contributed by atoms with Gasteiger partial charge in [0.1, 0.15) is 11.6 Å². The summed E-state index contributed by atoms with van der Waals surface area (Å²) in [5, 5.41) is 0. The van der Waals surface area contributed by atoms with E-state index < -0.39 is 10.0 Å². The van der Waals surface area contributed by atoms with Crippen molar-refractivity contribution in [1.82, 2.24) is 9.71 Å². The minimum Gasteiger partial charge on any atom is -0.378 e. The van der Waals surface area contributed by atoms with Gasteiger partial charge in [0, 0.05) is 37.3 Å². The molecule has 2 aromatic rings. The van der Waals surface area contributed by atoms with Gasteiger partial charge in [-0.3, -0.25) is 0 Å². The summed E-state index contributed by atoms with van der Waals surface area (Å²) in [6, 6.07) is 13.2. The van der Waals surface area contributed by atoms with Crippen molar-refractivity contribution in [2.45, 2.75) is 50.2 Å². The molecule has 2 fully saturated rings. The standard InChI is InChI=1S/C24H32FN3O3S/c1-32(29,30)27-23-12-14-28(24-15-21(25)11-13-26-24)16-20(23)17-31-22-9-7-19(8-10-22)18-5-3-2-4-6-18/h2-6,11,13,15,19-20,22-23,27H,7-10,12,14,16-17H2,1H3/t19?,20-,22?,23-/m0/s1. The van der Waals surface area contributed by atoms with E-state index in [0.29, 0.717) is 37.9 Å². The molecule has 0 bridgehead atoms. The molecule has 6 nitrogen and oxygen atoms in total. The summed E-state index contributed by atoms with van der Waals surface area (Å²) < 4.78 is 46.5. The molecule has 0 amide bonds. The van der Waals surface area contributed by atoms with Gasteiger partial charge in [0.25, 0.3) is 0 Å².